The van der Waals surface area contributed by atoms with Crippen molar-refractivity contribution < 1.29 is 4.79 Å². The molecule has 0 saturated carbocycles. The molecule has 0 aliphatic carbocycles. The van der Waals surface area contributed by atoms with Crippen molar-refractivity contribution in [2.24, 2.45) is 0 Å². The molecule has 0 saturated heterocycles. The molecule has 2 heteroatoms. The van der Waals surface area contributed by atoms with Crippen LogP contribution in [-0.4, -0.2) is 10.9 Å². The highest BCUT2D eigenvalue weighted by Crippen LogP contribution is 2.10. The minimum Gasteiger partial charge on any atom is -0.282 e. The third kappa shape index (κ3) is 4.97. The molecule has 0 heterocycles. The summed E-state index contributed by atoms with van der Waals surface area (Å²) in [4.78, 5) is 11.2. The largest absolute Gasteiger partial charge is 0.282 e. The SMILES string of the molecule is C=CCC=C(C)C(=O)SCC=C. The molecule has 0 rings (SSSR count). The lowest BCUT2D eigenvalue weighted by molar-refractivity contribution is -0.107. The van der Waals surface area contributed by atoms with Crippen LogP contribution in [-0.2, 0) is 4.79 Å². The summed E-state index contributed by atoms with van der Waals surface area (Å²) in [6.45, 7) is 8.94. The van der Waals surface area contributed by atoms with Gasteiger partial charge < -0.3 is 0 Å². The smallest absolute Gasteiger partial charge is 0.215 e. The van der Waals surface area contributed by atoms with Crippen molar-refractivity contribution in [1.29, 1.82) is 0 Å². The van der Waals surface area contributed by atoms with Crippen molar-refractivity contribution in [3.05, 3.63) is 37.0 Å². The monoisotopic (exact) mass is 182 g/mol. The summed E-state index contributed by atoms with van der Waals surface area (Å²) in [5, 5.41) is 0.122. The molecule has 66 valence electrons. The van der Waals surface area contributed by atoms with Crippen LogP contribution in [0.1, 0.15) is 13.3 Å². The highest BCUT2D eigenvalue weighted by atomic mass is 32.2. The zero-order valence-corrected chi connectivity index (χ0v) is 8.19. The zero-order chi connectivity index (χ0) is 9.40. The predicted molar refractivity (Wildman–Crippen MR) is 56.2 cm³/mol. The molecule has 0 atom stereocenters. The van der Waals surface area contributed by atoms with Crippen LogP contribution in [0.2, 0.25) is 0 Å². The topological polar surface area (TPSA) is 17.1 Å². The zero-order valence-electron chi connectivity index (χ0n) is 7.38. The molecule has 0 radical (unpaired) electrons. The summed E-state index contributed by atoms with van der Waals surface area (Å²) in [7, 11) is 0. The van der Waals surface area contributed by atoms with Gasteiger partial charge >= 0.3 is 0 Å². The van der Waals surface area contributed by atoms with E-state index in [9.17, 15) is 4.79 Å². The van der Waals surface area contributed by atoms with E-state index in [4.69, 9.17) is 0 Å². The van der Waals surface area contributed by atoms with Crippen molar-refractivity contribution in [1.82, 2.24) is 0 Å². The van der Waals surface area contributed by atoms with Gasteiger partial charge in [-0.1, -0.05) is 30.0 Å². The van der Waals surface area contributed by atoms with Crippen molar-refractivity contribution in [2.75, 3.05) is 5.75 Å². The first-order valence-corrected chi connectivity index (χ1v) is 4.76. The molecule has 0 unspecified atom stereocenters. The van der Waals surface area contributed by atoms with Crippen LogP contribution in [0.3, 0.4) is 0 Å². The van der Waals surface area contributed by atoms with Gasteiger partial charge in [0.25, 0.3) is 0 Å². The first-order chi connectivity index (χ1) is 5.72. The van der Waals surface area contributed by atoms with Crippen LogP contribution >= 0.6 is 11.8 Å². The highest BCUT2D eigenvalue weighted by molar-refractivity contribution is 8.14. The Bertz CT molecular complexity index is 204. The number of allylic oxidation sites excluding steroid dienone is 2. The number of hydrogen-bond acceptors (Lipinski definition) is 2. The van der Waals surface area contributed by atoms with Crippen LogP contribution in [0.25, 0.3) is 0 Å². The number of rotatable bonds is 5. The van der Waals surface area contributed by atoms with E-state index in [0.29, 0.717) is 5.75 Å². The molecule has 0 fully saturated rings. The highest BCUT2D eigenvalue weighted by Gasteiger charge is 2.01. The number of carbonyl (C=O) groups is 1. The molecule has 0 aromatic rings. The van der Waals surface area contributed by atoms with Crippen molar-refractivity contribution in [3.63, 3.8) is 0 Å². The van der Waals surface area contributed by atoms with Crippen LogP contribution in [0.5, 0.6) is 0 Å². The maximum atomic E-state index is 11.2. The molecule has 0 N–H and O–H groups in total. The van der Waals surface area contributed by atoms with E-state index in [0.717, 1.165) is 12.0 Å². The van der Waals surface area contributed by atoms with Crippen LogP contribution in [0, 0.1) is 0 Å². The van der Waals surface area contributed by atoms with Gasteiger partial charge in [-0.25, -0.2) is 0 Å². The second kappa shape index (κ2) is 6.92. The van der Waals surface area contributed by atoms with Crippen LogP contribution < -0.4 is 0 Å². The van der Waals surface area contributed by atoms with Gasteiger partial charge in [-0.2, -0.15) is 0 Å². The van der Waals surface area contributed by atoms with E-state index < -0.39 is 0 Å². The predicted octanol–water partition coefficient (Wildman–Crippen LogP) is 2.95. The van der Waals surface area contributed by atoms with E-state index in [1.165, 1.54) is 11.8 Å². The molecular weight excluding hydrogens is 168 g/mol. The Labute approximate surface area is 78.2 Å². The number of hydrogen-bond donors (Lipinski definition) is 0. The fraction of sp³-hybridized carbons (Fsp3) is 0.300. The Kier molecular flexibility index (Phi) is 6.48. The maximum Gasteiger partial charge on any atom is 0.215 e. The van der Waals surface area contributed by atoms with Gasteiger partial charge in [-0.15, -0.1) is 13.2 Å². The average Bonchev–Trinajstić information content (AvgIpc) is 2.10. The van der Waals surface area contributed by atoms with E-state index in [2.05, 4.69) is 13.2 Å². The first kappa shape index (κ1) is 11.2. The maximum absolute atomic E-state index is 11.2. The van der Waals surface area contributed by atoms with E-state index in [-0.39, 0.29) is 5.12 Å². The van der Waals surface area contributed by atoms with Gasteiger partial charge in [-0.3, -0.25) is 4.79 Å². The summed E-state index contributed by atoms with van der Waals surface area (Å²) in [5.41, 5.74) is 0.793. The summed E-state index contributed by atoms with van der Waals surface area (Å²) < 4.78 is 0. The summed E-state index contributed by atoms with van der Waals surface area (Å²) in [6.07, 6.45) is 6.13. The third-order valence-corrected chi connectivity index (χ3v) is 2.23. The summed E-state index contributed by atoms with van der Waals surface area (Å²) in [5.74, 6) is 0.679. The quantitative estimate of drug-likeness (QED) is 0.480. The molecule has 0 aliphatic heterocycles. The number of carbonyl (C=O) groups excluding carboxylic acids is 1. The molecule has 0 bridgehead atoms. The normalized spacial score (nSPS) is 10.9. The van der Waals surface area contributed by atoms with Gasteiger partial charge in [0.2, 0.25) is 5.12 Å². The fourth-order valence-corrected chi connectivity index (χ4v) is 1.17. The van der Waals surface area contributed by atoms with Gasteiger partial charge in [0.1, 0.15) is 0 Å². The molecule has 0 aromatic carbocycles. The van der Waals surface area contributed by atoms with Gasteiger partial charge in [-0.05, 0) is 18.9 Å². The fourth-order valence-electron chi connectivity index (χ4n) is 0.592. The lowest BCUT2D eigenvalue weighted by Crippen LogP contribution is -1.93. The van der Waals surface area contributed by atoms with E-state index in [1.807, 2.05) is 13.0 Å². The minimum atomic E-state index is 0.122. The lowest BCUT2D eigenvalue weighted by Gasteiger charge is -1.96. The Balaban J connectivity index is 3.90. The lowest BCUT2D eigenvalue weighted by atomic mass is 10.2. The Morgan fingerprint density at radius 1 is 1.42 bits per heavy atom. The van der Waals surface area contributed by atoms with Crippen molar-refractivity contribution >= 4 is 16.9 Å². The molecule has 0 aliphatic rings. The van der Waals surface area contributed by atoms with Crippen LogP contribution in [0.4, 0.5) is 0 Å². The Morgan fingerprint density at radius 3 is 2.58 bits per heavy atom. The first-order valence-electron chi connectivity index (χ1n) is 3.78. The van der Waals surface area contributed by atoms with Crippen molar-refractivity contribution in [3.8, 4) is 0 Å². The molecule has 0 spiro atoms. The van der Waals surface area contributed by atoms with E-state index in [1.54, 1.807) is 12.2 Å². The molecule has 0 amide bonds. The third-order valence-electron chi connectivity index (χ3n) is 1.24. The Morgan fingerprint density at radius 2 is 2.08 bits per heavy atom. The van der Waals surface area contributed by atoms with Gasteiger partial charge in [0, 0.05) is 5.75 Å². The summed E-state index contributed by atoms with van der Waals surface area (Å²) in [6, 6.07) is 0. The standard InChI is InChI=1S/C10H14OS/c1-4-6-7-9(3)10(11)12-8-5-2/h4-5,7H,1-2,6,8H2,3H3. The minimum absolute atomic E-state index is 0.122. The van der Waals surface area contributed by atoms with E-state index >= 15 is 0 Å². The van der Waals surface area contributed by atoms with Gasteiger partial charge in [0.15, 0.2) is 0 Å². The molecular formula is C10H14OS. The number of thioether (sulfide) groups is 1. The molecule has 12 heavy (non-hydrogen) atoms. The average molecular weight is 182 g/mol. The van der Waals surface area contributed by atoms with Crippen molar-refractivity contribution in [2.45, 2.75) is 13.3 Å². The molecule has 1 nitrogen and oxygen atoms in total. The van der Waals surface area contributed by atoms with Gasteiger partial charge in [0.05, 0.1) is 0 Å². The Hall–Kier alpha value is -0.760. The second-order valence-electron chi connectivity index (χ2n) is 2.30. The molecule has 0 aromatic heterocycles. The second-order valence-corrected chi connectivity index (χ2v) is 3.29. The summed E-state index contributed by atoms with van der Waals surface area (Å²) >= 11 is 1.28. The van der Waals surface area contributed by atoms with Crippen LogP contribution in [0.15, 0.2) is 37.0 Å².